The van der Waals surface area contributed by atoms with Crippen LogP contribution in [0.5, 0.6) is 5.88 Å². The number of fused-ring (bicyclic) bond motifs is 3. The number of piperazine rings is 1. The van der Waals surface area contributed by atoms with Crippen LogP contribution in [0.3, 0.4) is 0 Å². The number of nitrogens with zero attached hydrogens (tertiary/aromatic N) is 6. The summed E-state index contributed by atoms with van der Waals surface area (Å²) in [6.45, 7) is 3.25. The highest BCUT2D eigenvalue weighted by atomic mass is 35.5. The molecule has 4 heterocycles. The molecule has 4 aromatic rings. The van der Waals surface area contributed by atoms with Crippen LogP contribution in [-0.4, -0.2) is 76.9 Å². The van der Waals surface area contributed by atoms with Crippen LogP contribution in [0.2, 0.25) is 5.02 Å². The second kappa shape index (κ2) is 11.9. The number of carboxylic acid groups (broad SMARTS) is 1. The normalized spacial score (nSPS) is 19.3. The minimum absolute atomic E-state index is 0.0258. The summed E-state index contributed by atoms with van der Waals surface area (Å²) in [6, 6.07) is 18.3. The Morgan fingerprint density at radius 1 is 1.11 bits per heavy atom. The van der Waals surface area contributed by atoms with Crippen molar-refractivity contribution in [1.82, 2.24) is 14.8 Å². The molecule has 3 saturated heterocycles. The van der Waals surface area contributed by atoms with E-state index in [1.54, 1.807) is 6.07 Å². The third-order valence-corrected chi connectivity index (χ3v) is 10.3. The summed E-state index contributed by atoms with van der Waals surface area (Å²) in [5.41, 5.74) is 2.92. The van der Waals surface area contributed by atoms with Gasteiger partial charge in [0.1, 0.15) is 24.1 Å². The smallest absolute Gasteiger partial charge is 0.407 e. The minimum atomic E-state index is -1.07. The second-order valence-corrected chi connectivity index (χ2v) is 12.8. The summed E-state index contributed by atoms with van der Waals surface area (Å²) >= 11 is 6.49. The molecule has 0 aliphatic carbocycles. The fraction of sp³-hybridized carbons (Fsp3) is 0.371. The summed E-state index contributed by atoms with van der Waals surface area (Å²) in [5.74, 6) is -0.272. The van der Waals surface area contributed by atoms with E-state index in [1.165, 1.54) is 11.0 Å². The number of pyridine rings is 1. The number of aromatic nitrogens is 1. The van der Waals surface area contributed by atoms with Crippen LogP contribution >= 0.6 is 11.6 Å². The van der Waals surface area contributed by atoms with Gasteiger partial charge in [-0.1, -0.05) is 48.0 Å². The Labute approximate surface area is 270 Å². The van der Waals surface area contributed by atoms with Gasteiger partial charge in [-0.3, -0.25) is 4.90 Å². The van der Waals surface area contributed by atoms with Gasteiger partial charge in [0.05, 0.1) is 40.3 Å². The molecule has 1 aromatic heterocycles. The zero-order valence-corrected chi connectivity index (χ0v) is 25.9. The first kappa shape index (κ1) is 30.0. The highest BCUT2D eigenvalue weighted by Gasteiger charge is 2.45. The first-order valence-electron chi connectivity index (χ1n) is 15.6. The van der Waals surface area contributed by atoms with Crippen LogP contribution in [0.4, 0.5) is 14.9 Å². The van der Waals surface area contributed by atoms with Gasteiger partial charge in [0.15, 0.2) is 0 Å². The maximum absolute atomic E-state index is 14.6. The quantitative estimate of drug-likeness (QED) is 0.245. The molecule has 46 heavy (non-hydrogen) atoms. The molecule has 9 nitrogen and oxygen atoms in total. The molecule has 11 heteroatoms. The molecule has 3 aliphatic heterocycles. The highest BCUT2D eigenvalue weighted by Crippen LogP contribution is 2.43. The maximum atomic E-state index is 14.6. The Hall–Kier alpha value is -4.64. The fourth-order valence-corrected chi connectivity index (χ4v) is 8.00. The molecule has 1 atom stereocenters. The van der Waals surface area contributed by atoms with Crippen molar-refractivity contribution in [2.45, 2.75) is 43.7 Å². The van der Waals surface area contributed by atoms with Crippen molar-refractivity contribution in [2.75, 3.05) is 44.2 Å². The van der Waals surface area contributed by atoms with Crippen molar-refractivity contribution in [3.05, 3.63) is 64.9 Å². The number of benzene rings is 3. The van der Waals surface area contributed by atoms with Crippen LogP contribution < -0.4 is 9.64 Å². The summed E-state index contributed by atoms with van der Waals surface area (Å²) in [7, 11) is 0. The molecule has 234 valence electrons. The van der Waals surface area contributed by atoms with Crippen molar-refractivity contribution < 1.29 is 19.0 Å². The summed E-state index contributed by atoms with van der Waals surface area (Å²) in [4.78, 5) is 22.6. The van der Waals surface area contributed by atoms with E-state index in [4.69, 9.17) is 21.3 Å². The molecule has 0 unspecified atom stereocenters. The number of amides is 1. The zero-order valence-electron chi connectivity index (χ0n) is 25.2. The molecule has 3 aromatic carbocycles. The van der Waals surface area contributed by atoms with E-state index >= 15 is 0 Å². The van der Waals surface area contributed by atoms with Gasteiger partial charge in [0, 0.05) is 30.4 Å². The van der Waals surface area contributed by atoms with Crippen LogP contribution in [0.1, 0.15) is 37.7 Å². The number of rotatable bonds is 6. The van der Waals surface area contributed by atoms with Gasteiger partial charge in [0.25, 0.3) is 0 Å². The number of hydrogen-bond donors (Lipinski definition) is 1. The Balaban J connectivity index is 1.37. The van der Waals surface area contributed by atoms with Crippen LogP contribution in [0, 0.1) is 28.5 Å². The summed E-state index contributed by atoms with van der Waals surface area (Å²) in [5, 5.41) is 32.0. The molecule has 0 saturated carbocycles. The van der Waals surface area contributed by atoms with E-state index in [2.05, 4.69) is 17.0 Å². The van der Waals surface area contributed by atoms with Gasteiger partial charge in [-0.05, 0) is 67.4 Å². The van der Waals surface area contributed by atoms with Crippen molar-refractivity contribution in [1.29, 1.82) is 10.5 Å². The van der Waals surface area contributed by atoms with Crippen molar-refractivity contribution in [3.63, 3.8) is 0 Å². The first-order valence-corrected chi connectivity index (χ1v) is 16.0. The molecule has 0 radical (unpaired) electrons. The van der Waals surface area contributed by atoms with E-state index in [0.29, 0.717) is 35.1 Å². The van der Waals surface area contributed by atoms with Gasteiger partial charge in [0.2, 0.25) is 5.88 Å². The average molecular weight is 639 g/mol. The molecule has 7 rings (SSSR count). The van der Waals surface area contributed by atoms with Gasteiger partial charge in [-0.15, -0.1) is 0 Å². The minimum Gasteiger partial charge on any atom is -0.475 e. The number of carbonyl (C=O) groups is 1. The van der Waals surface area contributed by atoms with Crippen LogP contribution in [0.15, 0.2) is 48.5 Å². The Morgan fingerprint density at radius 2 is 1.91 bits per heavy atom. The molecule has 3 aliphatic rings. The number of ether oxygens (including phenoxy) is 1. The third kappa shape index (κ3) is 5.02. The summed E-state index contributed by atoms with van der Waals surface area (Å²) in [6.07, 6.45) is 3.23. The standard InChI is InChI=1S/C35H32ClFN6O3/c36-31-28(37)9-7-22-4-1-5-25(30(22)31)23-6-8-26-29(18-23)40-33(46-21-35-11-2-14-42(35)15-3-12-35)27(19-39)32(26)41-16-17-43(34(44)45)24(20-41)10-13-38/h1,4-9,18,24H,2-3,10-12,14-17,20-21H2,(H,44,45)/t24-/m0/s1. The van der Waals surface area contributed by atoms with Crippen LogP contribution in [-0.2, 0) is 0 Å². The predicted octanol–water partition coefficient (Wildman–Crippen LogP) is 6.81. The second-order valence-electron chi connectivity index (χ2n) is 12.4. The Morgan fingerprint density at radius 3 is 2.65 bits per heavy atom. The van der Waals surface area contributed by atoms with E-state index in [1.807, 2.05) is 41.3 Å². The van der Waals surface area contributed by atoms with Gasteiger partial charge in [-0.2, -0.15) is 10.5 Å². The van der Waals surface area contributed by atoms with E-state index in [9.17, 15) is 24.8 Å². The van der Waals surface area contributed by atoms with Crippen molar-refractivity contribution in [2.24, 2.45) is 0 Å². The zero-order chi connectivity index (χ0) is 32.0. The van der Waals surface area contributed by atoms with E-state index in [0.717, 1.165) is 55.3 Å². The average Bonchev–Trinajstić information content (AvgIpc) is 3.65. The topological polar surface area (TPSA) is 117 Å². The number of halogens is 2. The lowest BCUT2D eigenvalue weighted by Gasteiger charge is -2.41. The van der Waals surface area contributed by atoms with Crippen LogP contribution in [0.25, 0.3) is 32.8 Å². The van der Waals surface area contributed by atoms with E-state index in [-0.39, 0.29) is 41.5 Å². The molecule has 1 N–H and O–H groups in total. The molecule has 0 spiro atoms. The van der Waals surface area contributed by atoms with E-state index < -0.39 is 18.0 Å². The van der Waals surface area contributed by atoms with Crippen molar-refractivity contribution >= 4 is 45.1 Å². The highest BCUT2D eigenvalue weighted by molar-refractivity contribution is 6.37. The lowest BCUT2D eigenvalue weighted by atomic mass is 9.95. The summed E-state index contributed by atoms with van der Waals surface area (Å²) < 4.78 is 21.1. The molecular formula is C35H32ClFN6O3. The Bertz CT molecular complexity index is 1950. The largest absolute Gasteiger partial charge is 0.475 e. The molecule has 0 bridgehead atoms. The lowest BCUT2D eigenvalue weighted by molar-refractivity contribution is 0.110. The third-order valence-electron chi connectivity index (χ3n) is 9.94. The predicted molar refractivity (Wildman–Crippen MR) is 174 cm³/mol. The van der Waals surface area contributed by atoms with Gasteiger partial charge < -0.3 is 19.6 Å². The number of hydrogen-bond acceptors (Lipinski definition) is 7. The number of nitriles is 2. The van der Waals surface area contributed by atoms with Gasteiger partial charge >= 0.3 is 6.09 Å². The van der Waals surface area contributed by atoms with Crippen molar-refractivity contribution in [3.8, 4) is 29.1 Å². The first-order chi connectivity index (χ1) is 22.3. The maximum Gasteiger partial charge on any atom is 0.407 e. The molecule has 1 amide bonds. The molecular weight excluding hydrogens is 607 g/mol. The Kier molecular flexibility index (Phi) is 7.80. The van der Waals surface area contributed by atoms with Gasteiger partial charge in [-0.25, -0.2) is 14.2 Å². The molecule has 3 fully saturated rings. The monoisotopic (exact) mass is 638 g/mol. The lowest BCUT2D eigenvalue weighted by Crippen LogP contribution is -2.55. The SMILES string of the molecule is N#CC[C@H]1CN(c2c(C#N)c(OCC34CCCN3CCC4)nc3cc(-c4cccc5ccc(F)c(Cl)c45)ccc23)CCN1C(=O)O. The number of anilines is 1. The fourth-order valence-electron chi connectivity index (χ4n) is 7.73.